The molecule has 0 saturated heterocycles. The van der Waals surface area contributed by atoms with Gasteiger partial charge in [-0.2, -0.15) is 0 Å². The number of imidazole rings is 1. The molecule has 0 radical (unpaired) electrons. The SMILES string of the molecule is Cc1ncc(CO)c(CNCCc2nccn2C)c1O. The molecule has 0 aliphatic rings. The van der Waals surface area contributed by atoms with Gasteiger partial charge in [0, 0.05) is 56.3 Å². The zero-order valence-electron chi connectivity index (χ0n) is 11.8. The van der Waals surface area contributed by atoms with Gasteiger partial charge in [0.25, 0.3) is 0 Å². The summed E-state index contributed by atoms with van der Waals surface area (Å²) < 4.78 is 1.98. The second kappa shape index (κ2) is 6.49. The van der Waals surface area contributed by atoms with Crippen LogP contribution in [0.15, 0.2) is 18.6 Å². The third-order valence-corrected chi connectivity index (χ3v) is 3.35. The molecule has 2 rings (SSSR count). The molecule has 2 aromatic rings. The van der Waals surface area contributed by atoms with Crippen LogP contribution in [-0.4, -0.2) is 31.3 Å². The Hall–Kier alpha value is -1.92. The number of nitrogens with zero attached hydrogens (tertiary/aromatic N) is 3. The van der Waals surface area contributed by atoms with E-state index in [-0.39, 0.29) is 12.4 Å². The summed E-state index contributed by atoms with van der Waals surface area (Å²) in [5.41, 5.74) is 1.93. The predicted octanol–water partition coefficient (Wildman–Crippen LogP) is 0.654. The lowest BCUT2D eigenvalue weighted by molar-refractivity contribution is 0.278. The van der Waals surface area contributed by atoms with Crippen LogP contribution in [0, 0.1) is 6.92 Å². The van der Waals surface area contributed by atoms with Crippen molar-refractivity contribution in [3.05, 3.63) is 41.2 Å². The number of rotatable bonds is 6. The van der Waals surface area contributed by atoms with Crippen molar-refractivity contribution >= 4 is 0 Å². The number of hydrogen-bond acceptors (Lipinski definition) is 5. The van der Waals surface area contributed by atoms with Crippen molar-refractivity contribution < 1.29 is 10.2 Å². The number of hydrogen-bond donors (Lipinski definition) is 3. The van der Waals surface area contributed by atoms with Gasteiger partial charge in [-0.1, -0.05) is 0 Å². The topological polar surface area (TPSA) is 83.2 Å². The highest BCUT2D eigenvalue weighted by atomic mass is 16.3. The number of aliphatic hydroxyl groups excluding tert-OH is 1. The van der Waals surface area contributed by atoms with E-state index in [4.69, 9.17) is 0 Å². The standard InChI is InChI=1S/C14H20N4O2/c1-10-14(20)12(11(9-19)7-17-10)8-15-4-3-13-16-5-6-18(13)2/h5-7,15,19-20H,3-4,8-9H2,1-2H3. The number of aromatic nitrogens is 3. The van der Waals surface area contributed by atoms with Crippen LogP contribution in [0.25, 0.3) is 0 Å². The Morgan fingerprint density at radius 3 is 2.80 bits per heavy atom. The van der Waals surface area contributed by atoms with Gasteiger partial charge in [-0.3, -0.25) is 4.98 Å². The minimum absolute atomic E-state index is 0.128. The van der Waals surface area contributed by atoms with Crippen molar-refractivity contribution in [2.45, 2.75) is 26.5 Å². The van der Waals surface area contributed by atoms with Crippen molar-refractivity contribution in [2.24, 2.45) is 7.05 Å². The summed E-state index contributed by atoms with van der Waals surface area (Å²) in [6.45, 7) is 2.86. The molecule has 6 heteroatoms. The van der Waals surface area contributed by atoms with Gasteiger partial charge >= 0.3 is 0 Å². The highest BCUT2D eigenvalue weighted by molar-refractivity contribution is 5.40. The maximum atomic E-state index is 10.0. The van der Waals surface area contributed by atoms with Crippen LogP contribution in [0.4, 0.5) is 0 Å². The molecule has 3 N–H and O–H groups in total. The molecule has 0 aromatic carbocycles. The Balaban J connectivity index is 1.94. The lowest BCUT2D eigenvalue weighted by Gasteiger charge is -2.12. The van der Waals surface area contributed by atoms with E-state index in [1.54, 1.807) is 19.3 Å². The van der Waals surface area contributed by atoms with Crippen molar-refractivity contribution in [3.8, 4) is 5.75 Å². The van der Waals surface area contributed by atoms with Gasteiger partial charge in [0.15, 0.2) is 0 Å². The van der Waals surface area contributed by atoms with Crippen LogP contribution in [0.3, 0.4) is 0 Å². The largest absolute Gasteiger partial charge is 0.506 e. The molecule has 108 valence electrons. The number of nitrogens with one attached hydrogen (secondary N) is 1. The summed E-state index contributed by atoms with van der Waals surface area (Å²) in [6.07, 6.45) is 6.10. The predicted molar refractivity (Wildman–Crippen MR) is 75.2 cm³/mol. The van der Waals surface area contributed by atoms with Gasteiger partial charge in [-0.15, -0.1) is 0 Å². The maximum absolute atomic E-state index is 10.0. The monoisotopic (exact) mass is 276 g/mol. The average Bonchev–Trinajstić information content (AvgIpc) is 2.85. The van der Waals surface area contributed by atoms with Crippen LogP contribution in [0.5, 0.6) is 5.75 Å². The molecule has 0 amide bonds. The van der Waals surface area contributed by atoms with Crippen molar-refractivity contribution in [2.75, 3.05) is 6.54 Å². The van der Waals surface area contributed by atoms with Gasteiger partial charge < -0.3 is 20.1 Å². The summed E-state index contributed by atoms with van der Waals surface area (Å²) in [4.78, 5) is 8.29. The molecular weight excluding hydrogens is 256 g/mol. The van der Waals surface area contributed by atoms with E-state index >= 15 is 0 Å². The van der Waals surface area contributed by atoms with E-state index in [0.29, 0.717) is 23.4 Å². The molecule has 2 heterocycles. The summed E-state index contributed by atoms with van der Waals surface area (Å²) >= 11 is 0. The second-order valence-electron chi connectivity index (χ2n) is 4.74. The third kappa shape index (κ3) is 3.15. The molecule has 0 fully saturated rings. The maximum Gasteiger partial charge on any atom is 0.141 e. The summed E-state index contributed by atoms with van der Waals surface area (Å²) in [5.74, 6) is 1.16. The van der Waals surface area contributed by atoms with E-state index < -0.39 is 0 Å². The van der Waals surface area contributed by atoms with Crippen LogP contribution < -0.4 is 5.32 Å². The average molecular weight is 276 g/mol. The number of aromatic hydroxyl groups is 1. The minimum atomic E-state index is -0.128. The Bertz CT molecular complexity index is 581. The van der Waals surface area contributed by atoms with E-state index in [1.165, 1.54) is 0 Å². The summed E-state index contributed by atoms with van der Waals surface area (Å²) in [6, 6.07) is 0. The molecule has 6 nitrogen and oxygen atoms in total. The molecular formula is C14H20N4O2. The molecule has 0 aliphatic heterocycles. The highest BCUT2D eigenvalue weighted by Gasteiger charge is 2.10. The quantitative estimate of drug-likeness (QED) is 0.675. The normalized spacial score (nSPS) is 10.9. The Morgan fingerprint density at radius 2 is 2.15 bits per heavy atom. The Morgan fingerprint density at radius 1 is 1.35 bits per heavy atom. The molecule has 0 atom stereocenters. The van der Waals surface area contributed by atoms with Crippen molar-refractivity contribution in [1.82, 2.24) is 19.9 Å². The first-order chi connectivity index (χ1) is 9.63. The lowest BCUT2D eigenvalue weighted by atomic mass is 10.1. The summed E-state index contributed by atoms with van der Waals surface area (Å²) in [7, 11) is 1.96. The lowest BCUT2D eigenvalue weighted by Crippen LogP contribution is -2.19. The van der Waals surface area contributed by atoms with Gasteiger partial charge in [-0.05, 0) is 6.92 Å². The summed E-state index contributed by atoms with van der Waals surface area (Å²) in [5, 5.41) is 22.5. The van der Waals surface area contributed by atoms with Crippen molar-refractivity contribution in [3.63, 3.8) is 0 Å². The van der Waals surface area contributed by atoms with Crippen LogP contribution >= 0.6 is 0 Å². The van der Waals surface area contributed by atoms with E-state index in [1.807, 2.05) is 17.8 Å². The fraction of sp³-hybridized carbons (Fsp3) is 0.429. The van der Waals surface area contributed by atoms with E-state index in [0.717, 1.165) is 18.8 Å². The van der Waals surface area contributed by atoms with Crippen LogP contribution in [0.1, 0.15) is 22.6 Å². The smallest absolute Gasteiger partial charge is 0.141 e. The molecule has 0 unspecified atom stereocenters. The molecule has 0 spiro atoms. The number of aliphatic hydroxyl groups is 1. The zero-order chi connectivity index (χ0) is 14.5. The van der Waals surface area contributed by atoms with Gasteiger partial charge in [0.2, 0.25) is 0 Å². The fourth-order valence-corrected chi connectivity index (χ4v) is 2.07. The van der Waals surface area contributed by atoms with Gasteiger partial charge in [0.05, 0.1) is 12.3 Å². The minimum Gasteiger partial charge on any atom is -0.506 e. The highest BCUT2D eigenvalue weighted by Crippen LogP contribution is 2.23. The first-order valence-electron chi connectivity index (χ1n) is 6.57. The zero-order valence-corrected chi connectivity index (χ0v) is 11.8. The molecule has 0 saturated carbocycles. The molecule has 0 aliphatic carbocycles. The molecule has 20 heavy (non-hydrogen) atoms. The number of aryl methyl sites for hydroxylation is 2. The number of pyridine rings is 1. The fourth-order valence-electron chi connectivity index (χ4n) is 2.07. The third-order valence-electron chi connectivity index (χ3n) is 3.35. The van der Waals surface area contributed by atoms with E-state index in [9.17, 15) is 10.2 Å². The van der Waals surface area contributed by atoms with Gasteiger partial charge in [0.1, 0.15) is 11.6 Å². The Labute approximate surface area is 118 Å². The van der Waals surface area contributed by atoms with Gasteiger partial charge in [-0.25, -0.2) is 4.98 Å². The van der Waals surface area contributed by atoms with Crippen LogP contribution in [-0.2, 0) is 26.6 Å². The second-order valence-corrected chi connectivity index (χ2v) is 4.74. The van der Waals surface area contributed by atoms with Crippen LogP contribution in [0.2, 0.25) is 0 Å². The van der Waals surface area contributed by atoms with E-state index in [2.05, 4.69) is 15.3 Å². The van der Waals surface area contributed by atoms with Crippen molar-refractivity contribution in [1.29, 1.82) is 0 Å². The molecule has 2 aromatic heterocycles. The molecule has 0 bridgehead atoms. The first-order valence-corrected chi connectivity index (χ1v) is 6.57. The Kier molecular flexibility index (Phi) is 4.70. The first kappa shape index (κ1) is 14.5.